The minimum Gasteiger partial charge on any atom is -0.384 e. The van der Waals surface area contributed by atoms with Crippen molar-refractivity contribution in [2.75, 3.05) is 11.4 Å². The van der Waals surface area contributed by atoms with Crippen molar-refractivity contribution in [3.05, 3.63) is 58.9 Å². The first-order valence-corrected chi connectivity index (χ1v) is 6.58. The molecule has 0 fully saturated rings. The summed E-state index contributed by atoms with van der Waals surface area (Å²) < 4.78 is 13.9. The monoisotopic (exact) mass is 291 g/mol. The molecule has 2 rings (SSSR count). The Hall–Kier alpha value is -2.07. The SMILES string of the molecule is CCN(c1ccccc1F)c1ccc(C(=N)N)cc1Cl. The van der Waals surface area contributed by atoms with E-state index in [9.17, 15) is 4.39 Å². The Morgan fingerprint density at radius 3 is 2.50 bits per heavy atom. The molecule has 20 heavy (non-hydrogen) atoms. The molecule has 0 spiro atoms. The lowest BCUT2D eigenvalue weighted by Crippen LogP contribution is -2.18. The van der Waals surface area contributed by atoms with Gasteiger partial charge in [0.1, 0.15) is 11.7 Å². The van der Waals surface area contributed by atoms with Crippen LogP contribution in [0.15, 0.2) is 42.5 Å². The van der Waals surface area contributed by atoms with Crippen molar-refractivity contribution in [1.29, 1.82) is 5.41 Å². The second-order valence-corrected chi connectivity index (χ2v) is 4.68. The molecule has 2 aromatic rings. The summed E-state index contributed by atoms with van der Waals surface area (Å²) in [6.07, 6.45) is 0. The Labute approximate surface area is 122 Å². The molecule has 0 amide bonds. The quantitative estimate of drug-likeness (QED) is 0.662. The molecule has 0 aliphatic heterocycles. The molecule has 104 valence electrons. The fourth-order valence-electron chi connectivity index (χ4n) is 2.03. The Bertz CT molecular complexity index is 643. The van der Waals surface area contributed by atoms with Gasteiger partial charge in [0.25, 0.3) is 0 Å². The summed E-state index contributed by atoms with van der Waals surface area (Å²) in [6.45, 7) is 2.49. The van der Waals surface area contributed by atoms with E-state index in [1.807, 2.05) is 6.92 Å². The third kappa shape index (κ3) is 2.75. The van der Waals surface area contributed by atoms with Crippen LogP contribution in [0.2, 0.25) is 5.02 Å². The molecule has 0 aliphatic rings. The second-order valence-electron chi connectivity index (χ2n) is 4.28. The predicted octanol–water partition coefficient (Wildman–Crippen LogP) is 3.92. The second kappa shape index (κ2) is 5.92. The van der Waals surface area contributed by atoms with Crippen molar-refractivity contribution in [1.82, 2.24) is 0 Å². The first-order valence-electron chi connectivity index (χ1n) is 6.20. The maximum absolute atomic E-state index is 13.9. The van der Waals surface area contributed by atoms with E-state index >= 15 is 0 Å². The van der Waals surface area contributed by atoms with Crippen molar-refractivity contribution < 1.29 is 4.39 Å². The molecule has 0 aromatic heterocycles. The number of rotatable bonds is 4. The molecule has 3 N–H and O–H groups in total. The van der Waals surface area contributed by atoms with Crippen LogP contribution in [-0.4, -0.2) is 12.4 Å². The molecule has 0 saturated carbocycles. The largest absolute Gasteiger partial charge is 0.384 e. The van der Waals surface area contributed by atoms with Gasteiger partial charge in [0.15, 0.2) is 0 Å². The summed E-state index contributed by atoms with van der Waals surface area (Å²) in [7, 11) is 0. The molecule has 2 aromatic carbocycles. The van der Waals surface area contributed by atoms with E-state index in [-0.39, 0.29) is 11.7 Å². The number of halogens is 2. The number of nitrogens with two attached hydrogens (primary N) is 1. The smallest absolute Gasteiger partial charge is 0.146 e. The van der Waals surface area contributed by atoms with Crippen LogP contribution in [0, 0.1) is 11.2 Å². The number of benzene rings is 2. The molecule has 5 heteroatoms. The van der Waals surface area contributed by atoms with Crippen molar-refractivity contribution in [2.24, 2.45) is 5.73 Å². The van der Waals surface area contributed by atoms with Gasteiger partial charge in [-0.2, -0.15) is 0 Å². The lowest BCUT2D eigenvalue weighted by Gasteiger charge is -2.25. The number of anilines is 2. The average molecular weight is 292 g/mol. The van der Waals surface area contributed by atoms with E-state index in [1.165, 1.54) is 6.07 Å². The van der Waals surface area contributed by atoms with Crippen LogP contribution in [0.5, 0.6) is 0 Å². The molecular weight excluding hydrogens is 277 g/mol. The van der Waals surface area contributed by atoms with Gasteiger partial charge in [-0.15, -0.1) is 0 Å². The summed E-state index contributed by atoms with van der Waals surface area (Å²) in [5.41, 5.74) is 7.12. The fourth-order valence-corrected chi connectivity index (χ4v) is 2.32. The van der Waals surface area contributed by atoms with Gasteiger partial charge in [-0.25, -0.2) is 4.39 Å². The lowest BCUT2D eigenvalue weighted by molar-refractivity contribution is 0.625. The Kier molecular flexibility index (Phi) is 4.25. The lowest BCUT2D eigenvalue weighted by atomic mass is 10.1. The number of amidine groups is 1. The third-order valence-corrected chi connectivity index (χ3v) is 3.31. The summed E-state index contributed by atoms with van der Waals surface area (Å²) in [4.78, 5) is 1.78. The Morgan fingerprint density at radius 2 is 1.95 bits per heavy atom. The first kappa shape index (κ1) is 14.3. The van der Waals surface area contributed by atoms with Crippen LogP contribution in [0.3, 0.4) is 0 Å². The van der Waals surface area contributed by atoms with Gasteiger partial charge in [-0.3, -0.25) is 5.41 Å². The number of nitrogens with zero attached hydrogens (tertiary/aromatic N) is 1. The van der Waals surface area contributed by atoms with E-state index in [4.69, 9.17) is 22.7 Å². The topological polar surface area (TPSA) is 53.1 Å². The summed E-state index contributed by atoms with van der Waals surface area (Å²) in [5.74, 6) is -0.353. The van der Waals surface area contributed by atoms with E-state index < -0.39 is 0 Å². The van der Waals surface area contributed by atoms with Gasteiger partial charge < -0.3 is 10.6 Å². The molecule has 0 aliphatic carbocycles. The van der Waals surface area contributed by atoms with Crippen LogP contribution < -0.4 is 10.6 Å². The van der Waals surface area contributed by atoms with Gasteiger partial charge in [0.05, 0.1) is 16.4 Å². The molecule has 3 nitrogen and oxygen atoms in total. The number of nitrogen functional groups attached to an aromatic ring is 1. The number of para-hydroxylation sites is 1. The summed E-state index contributed by atoms with van der Waals surface area (Å²) in [5, 5.41) is 7.83. The number of hydrogen-bond acceptors (Lipinski definition) is 2. The van der Waals surface area contributed by atoms with E-state index in [0.29, 0.717) is 28.5 Å². The van der Waals surface area contributed by atoms with Crippen LogP contribution in [0.25, 0.3) is 0 Å². The standard InChI is InChI=1S/C15H15ClFN3/c1-2-20(14-6-4-3-5-12(14)17)13-8-7-10(15(18)19)9-11(13)16/h3-9H,2H2,1H3,(H3,18,19). The zero-order chi connectivity index (χ0) is 14.7. The molecule has 0 bridgehead atoms. The van der Waals surface area contributed by atoms with Crippen molar-refractivity contribution in [3.63, 3.8) is 0 Å². The summed E-state index contributed by atoms with van der Waals surface area (Å²) >= 11 is 6.23. The minimum atomic E-state index is -0.305. The normalized spacial score (nSPS) is 10.3. The van der Waals surface area contributed by atoms with E-state index in [0.717, 1.165) is 0 Å². The number of hydrogen-bond donors (Lipinski definition) is 2. The average Bonchev–Trinajstić information content (AvgIpc) is 2.43. The molecular formula is C15H15ClFN3. The molecule has 0 unspecified atom stereocenters. The highest BCUT2D eigenvalue weighted by molar-refractivity contribution is 6.33. The first-order chi connectivity index (χ1) is 9.54. The zero-order valence-electron chi connectivity index (χ0n) is 11.0. The number of nitrogens with one attached hydrogen (secondary N) is 1. The van der Waals surface area contributed by atoms with Crippen LogP contribution in [0.4, 0.5) is 15.8 Å². The van der Waals surface area contributed by atoms with Crippen molar-refractivity contribution in [2.45, 2.75) is 6.92 Å². The van der Waals surface area contributed by atoms with Gasteiger partial charge in [0.2, 0.25) is 0 Å². The molecule has 0 atom stereocenters. The van der Waals surface area contributed by atoms with E-state index in [1.54, 1.807) is 41.3 Å². The molecule has 0 heterocycles. The van der Waals surface area contributed by atoms with E-state index in [2.05, 4.69) is 0 Å². The highest BCUT2D eigenvalue weighted by Gasteiger charge is 2.15. The Morgan fingerprint density at radius 1 is 1.25 bits per heavy atom. The predicted molar refractivity (Wildman–Crippen MR) is 81.5 cm³/mol. The summed E-state index contributed by atoms with van der Waals surface area (Å²) in [6, 6.07) is 11.6. The fraction of sp³-hybridized carbons (Fsp3) is 0.133. The third-order valence-electron chi connectivity index (χ3n) is 3.01. The highest BCUT2D eigenvalue weighted by Crippen LogP contribution is 2.33. The van der Waals surface area contributed by atoms with Crippen LogP contribution >= 0.6 is 11.6 Å². The Balaban J connectivity index is 2.48. The van der Waals surface area contributed by atoms with Crippen molar-refractivity contribution >= 4 is 28.8 Å². The maximum Gasteiger partial charge on any atom is 0.146 e. The van der Waals surface area contributed by atoms with Crippen molar-refractivity contribution in [3.8, 4) is 0 Å². The maximum atomic E-state index is 13.9. The van der Waals surface area contributed by atoms with Crippen LogP contribution in [0.1, 0.15) is 12.5 Å². The minimum absolute atomic E-state index is 0.0487. The zero-order valence-corrected chi connectivity index (χ0v) is 11.8. The van der Waals surface area contributed by atoms with Gasteiger partial charge in [0, 0.05) is 12.1 Å². The van der Waals surface area contributed by atoms with Crippen LogP contribution in [-0.2, 0) is 0 Å². The highest BCUT2D eigenvalue weighted by atomic mass is 35.5. The molecule has 0 radical (unpaired) electrons. The molecule has 0 saturated heterocycles. The van der Waals surface area contributed by atoms with Gasteiger partial charge in [-0.1, -0.05) is 23.7 Å². The van der Waals surface area contributed by atoms with Gasteiger partial charge in [-0.05, 0) is 37.3 Å². The van der Waals surface area contributed by atoms with Gasteiger partial charge >= 0.3 is 0 Å².